The van der Waals surface area contributed by atoms with Crippen LogP contribution in [-0.4, -0.2) is 23.3 Å². The van der Waals surface area contributed by atoms with E-state index in [-0.39, 0.29) is 18.0 Å². The predicted octanol–water partition coefficient (Wildman–Crippen LogP) is 7.93. The number of fused-ring (bicyclic) bond motifs is 3. The fourth-order valence-electron chi connectivity index (χ4n) is 7.67. The molecule has 0 aromatic heterocycles. The van der Waals surface area contributed by atoms with Crippen molar-refractivity contribution in [1.29, 1.82) is 0 Å². The van der Waals surface area contributed by atoms with Gasteiger partial charge < -0.3 is 4.74 Å². The maximum atomic E-state index is 15.1. The van der Waals surface area contributed by atoms with E-state index in [0.717, 1.165) is 0 Å². The van der Waals surface area contributed by atoms with Crippen LogP contribution >= 0.6 is 11.6 Å². The SMILES string of the molecule is O=C(c1ccccc1)C1C[C@]2(c3ccccc3)OC(=O)[C@]1(c1cccc(Cl)c1)[C@H](C(=O)c1ccccc1)[C@@H]2C(=O)c1ccccc1. The summed E-state index contributed by atoms with van der Waals surface area (Å²) >= 11 is 6.56. The van der Waals surface area contributed by atoms with Crippen molar-refractivity contribution in [1.82, 2.24) is 0 Å². The zero-order chi connectivity index (χ0) is 31.9. The molecule has 0 N–H and O–H groups in total. The summed E-state index contributed by atoms with van der Waals surface area (Å²) in [5, 5.41) is 0.327. The first-order chi connectivity index (χ1) is 22.4. The number of hydrogen-bond donors (Lipinski definition) is 0. The molecule has 5 aromatic carbocycles. The molecular formula is C40H29ClO5. The zero-order valence-corrected chi connectivity index (χ0v) is 25.5. The number of rotatable bonds is 8. The van der Waals surface area contributed by atoms with E-state index in [1.807, 2.05) is 18.2 Å². The number of ketones is 3. The quantitative estimate of drug-likeness (QED) is 0.129. The molecule has 6 heteroatoms. The highest BCUT2D eigenvalue weighted by Crippen LogP contribution is 2.65. The molecule has 226 valence electrons. The van der Waals surface area contributed by atoms with Crippen molar-refractivity contribution < 1.29 is 23.9 Å². The summed E-state index contributed by atoms with van der Waals surface area (Å²) in [5.74, 6) is -5.34. The van der Waals surface area contributed by atoms with Crippen molar-refractivity contribution in [3.05, 3.63) is 178 Å². The second kappa shape index (κ2) is 11.7. The average Bonchev–Trinajstić information content (AvgIpc) is 3.11. The molecule has 5 nitrogen and oxygen atoms in total. The smallest absolute Gasteiger partial charge is 0.319 e. The first kappa shape index (κ1) is 29.6. The highest BCUT2D eigenvalue weighted by Gasteiger charge is 2.76. The van der Waals surface area contributed by atoms with E-state index in [2.05, 4.69) is 0 Å². The maximum Gasteiger partial charge on any atom is 0.319 e. The molecule has 2 aliphatic heterocycles. The Morgan fingerprint density at radius 3 is 1.54 bits per heavy atom. The van der Waals surface area contributed by atoms with Gasteiger partial charge in [-0.05, 0) is 23.3 Å². The van der Waals surface area contributed by atoms with Crippen LogP contribution in [0.4, 0.5) is 0 Å². The molecule has 0 amide bonds. The summed E-state index contributed by atoms with van der Waals surface area (Å²) in [5.41, 5.74) is -1.46. The lowest BCUT2D eigenvalue weighted by Gasteiger charge is -2.62. The van der Waals surface area contributed by atoms with E-state index in [9.17, 15) is 14.4 Å². The third-order valence-electron chi connectivity index (χ3n) is 9.62. The summed E-state index contributed by atoms with van der Waals surface area (Å²) in [6.07, 6.45) is -0.00912. The van der Waals surface area contributed by atoms with Crippen molar-refractivity contribution >= 4 is 34.9 Å². The van der Waals surface area contributed by atoms with Gasteiger partial charge in [0.05, 0.1) is 11.8 Å². The predicted molar refractivity (Wildman–Crippen MR) is 175 cm³/mol. The van der Waals surface area contributed by atoms with E-state index in [1.165, 1.54) is 0 Å². The molecule has 5 atom stereocenters. The van der Waals surface area contributed by atoms with Crippen LogP contribution in [0.5, 0.6) is 0 Å². The number of carbonyl (C=O) groups excluding carboxylic acids is 4. The van der Waals surface area contributed by atoms with Crippen LogP contribution in [0, 0.1) is 17.8 Å². The summed E-state index contributed by atoms with van der Waals surface area (Å²) in [6.45, 7) is 0. The zero-order valence-electron chi connectivity index (χ0n) is 24.7. The summed E-state index contributed by atoms with van der Waals surface area (Å²) in [4.78, 5) is 59.8. The van der Waals surface area contributed by atoms with E-state index < -0.39 is 40.5 Å². The van der Waals surface area contributed by atoms with Crippen molar-refractivity contribution in [2.75, 3.05) is 0 Å². The molecule has 2 heterocycles. The minimum Gasteiger partial charge on any atom is -0.453 e. The number of hydrogen-bond acceptors (Lipinski definition) is 5. The minimum absolute atomic E-state index is 0.00912. The van der Waals surface area contributed by atoms with Gasteiger partial charge in [-0.3, -0.25) is 19.2 Å². The fourth-order valence-corrected chi connectivity index (χ4v) is 7.86. The van der Waals surface area contributed by atoms with Gasteiger partial charge in [0.1, 0.15) is 11.0 Å². The van der Waals surface area contributed by atoms with Crippen LogP contribution in [-0.2, 0) is 20.5 Å². The van der Waals surface area contributed by atoms with Gasteiger partial charge in [0.2, 0.25) is 0 Å². The number of esters is 1. The van der Waals surface area contributed by atoms with Crippen LogP contribution in [0.3, 0.4) is 0 Å². The van der Waals surface area contributed by atoms with Gasteiger partial charge in [-0.15, -0.1) is 0 Å². The van der Waals surface area contributed by atoms with Crippen molar-refractivity contribution in [2.45, 2.75) is 17.4 Å². The van der Waals surface area contributed by atoms with E-state index in [1.54, 1.807) is 127 Å². The molecule has 2 bridgehead atoms. The molecule has 3 fully saturated rings. The molecule has 46 heavy (non-hydrogen) atoms. The Bertz CT molecular complexity index is 1940. The van der Waals surface area contributed by atoms with Crippen LogP contribution in [0.15, 0.2) is 146 Å². The van der Waals surface area contributed by atoms with E-state index >= 15 is 4.79 Å². The molecule has 3 aliphatic rings. The summed E-state index contributed by atoms with van der Waals surface area (Å²) in [7, 11) is 0. The van der Waals surface area contributed by atoms with Gasteiger partial charge in [0.25, 0.3) is 0 Å². The summed E-state index contributed by atoms with van der Waals surface area (Å²) in [6, 6.07) is 41.8. The molecule has 0 radical (unpaired) electrons. The number of Topliss-reactive ketones (excluding diaryl/α,β-unsaturated/α-hetero) is 3. The maximum absolute atomic E-state index is 15.1. The molecule has 1 saturated carbocycles. The standard InChI is InChI=1S/C40H29ClO5/c41-31-23-13-22-30(24-31)40-32(35(42)26-14-5-1-6-15-26)25-39(46-38(40)45,29-20-11-4-12-21-29)33(36(43)27-16-7-2-8-17-27)34(40)37(44)28-18-9-3-10-19-28/h1-24,32-34H,25H2/t32?,33-,34+,39-,40+/m1/s1. The highest BCUT2D eigenvalue weighted by atomic mass is 35.5. The lowest BCUT2D eigenvalue weighted by atomic mass is 9.43. The van der Waals surface area contributed by atoms with Gasteiger partial charge >= 0.3 is 5.97 Å². The van der Waals surface area contributed by atoms with Crippen LogP contribution in [0.1, 0.15) is 48.6 Å². The van der Waals surface area contributed by atoms with Crippen molar-refractivity contribution in [2.24, 2.45) is 17.8 Å². The number of halogens is 1. The van der Waals surface area contributed by atoms with Gasteiger partial charge in [0, 0.05) is 34.1 Å². The lowest BCUT2D eigenvalue weighted by Crippen LogP contribution is -2.73. The number of benzene rings is 5. The third kappa shape index (κ3) is 4.53. The first-order valence-corrected chi connectivity index (χ1v) is 15.6. The molecule has 5 aromatic rings. The van der Waals surface area contributed by atoms with Crippen LogP contribution in [0.25, 0.3) is 0 Å². The largest absolute Gasteiger partial charge is 0.453 e. The van der Waals surface area contributed by atoms with E-state index in [4.69, 9.17) is 16.3 Å². The Hall–Kier alpha value is -5.13. The fraction of sp³-hybridized carbons (Fsp3) is 0.150. The molecular weight excluding hydrogens is 596 g/mol. The normalized spacial score (nSPS) is 25.0. The van der Waals surface area contributed by atoms with Crippen LogP contribution < -0.4 is 0 Å². The van der Waals surface area contributed by atoms with E-state index in [0.29, 0.717) is 32.8 Å². The van der Waals surface area contributed by atoms with Gasteiger partial charge in [-0.1, -0.05) is 145 Å². The Balaban J connectivity index is 1.59. The Morgan fingerprint density at radius 1 is 0.565 bits per heavy atom. The molecule has 1 aliphatic carbocycles. The number of ether oxygens (including phenoxy) is 1. The first-order valence-electron chi connectivity index (χ1n) is 15.2. The topological polar surface area (TPSA) is 77.5 Å². The van der Waals surface area contributed by atoms with Crippen molar-refractivity contribution in [3.8, 4) is 0 Å². The molecule has 0 spiro atoms. The monoisotopic (exact) mass is 624 g/mol. The van der Waals surface area contributed by atoms with Gasteiger partial charge in [-0.25, -0.2) is 0 Å². The highest BCUT2D eigenvalue weighted by molar-refractivity contribution is 6.30. The van der Waals surface area contributed by atoms with Crippen molar-refractivity contribution in [3.63, 3.8) is 0 Å². The Labute approximate surface area is 271 Å². The third-order valence-corrected chi connectivity index (χ3v) is 9.85. The van der Waals surface area contributed by atoms with Gasteiger partial charge in [0.15, 0.2) is 17.3 Å². The summed E-state index contributed by atoms with van der Waals surface area (Å²) < 4.78 is 6.54. The molecule has 2 saturated heterocycles. The second-order valence-corrected chi connectivity index (χ2v) is 12.4. The minimum atomic E-state index is -1.86. The lowest BCUT2D eigenvalue weighted by molar-refractivity contribution is -0.220. The molecule has 8 rings (SSSR count). The van der Waals surface area contributed by atoms with Crippen LogP contribution in [0.2, 0.25) is 5.02 Å². The Kier molecular flexibility index (Phi) is 7.50. The van der Waals surface area contributed by atoms with Gasteiger partial charge in [-0.2, -0.15) is 0 Å². The second-order valence-electron chi connectivity index (χ2n) is 11.9. The molecule has 1 unspecified atom stereocenters. The average molecular weight is 625 g/mol. The Morgan fingerprint density at radius 2 is 1.02 bits per heavy atom. The number of carbonyl (C=O) groups is 4.